The quantitative estimate of drug-likeness (QED) is 0.602. The minimum Gasteiger partial charge on any atom is -0.457 e. The van der Waals surface area contributed by atoms with Crippen molar-refractivity contribution in [2.24, 2.45) is 23.7 Å². The van der Waals surface area contributed by atoms with Crippen molar-refractivity contribution in [3.8, 4) is 11.5 Å². The third-order valence-electron chi connectivity index (χ3n) is 6.35. The van der Waals surface area contributed by atoms with Crippen LogP contribution in [-0.2, 0) is 9.59 Å². The van der Waals surface area contributed by atoms with Crippen LogP contribution in [0.2, 0.25) is 0 Å². The maximum atomic E-state index is 12.9. The van der Waals surface area contributed by atoms with Crippen molar-refractivity contribution >= 4 is 17.5 Å². The lowest BCUT2D eigenvalue weighted by molar-refractivity contribution is -0.123. The fourth-order valence-corrected chi connectivity index (χ4v) is 4.78. The van der Waals surface area contributed by atoms with E-state index in [9.17, 15) is 9.59 Å². The highest BCUT2D eigenvalue weighted by Gasteiger charge is 2.59. The minimum atomic E-state index is -0.168. The number of hydrogen-bond donors (Lipinski definition) is 0. The second kappa shape index (κ2) is 5.81. The highest BCUT2D eigenvalue weighted by Crippen LogP contribution is 2.53. The number of benzene rings is 2. The zero-order valence-corrected chi connectivity index (χ0v) is 15.4. The number of ether oxygens (including phenoxy) is 1. The molecule has 1 aliphatic heterocycles. The Balaban J connectivity index is 1.39. The topological polar surface area (TPSA) is 46.6 Å². The summed E-state index contributed by atoms with van der Waals surface area (Å²) < 4.78 is 5.98. The van der Waals surface area contributed by atoms with E-state index in [0.29, 0.717) is 11.4 Å². The Morgan fingerprint density at radius 3 is 2.15 bits per heavy atom. The van der Waals surface area contributed by atoms with Crippen molar-refractivity contribution in [1.29, 1.82) is 0 Å². The smallest absolute Gasteiger partial charge is 0.238 e. The molecular weight excluding hydrogens is 338 g/mol. The van der Waals surface area contributed by atoms with Crippen LogP contribution in [0.15, 0.2) is 54.6 Å². The van der Waals surface area contributed by atoms with Crippen LogP contribution in [0.1, 0.15) is 17.5 Å². The SMILES string of the molecule is Cc1cccc(Oc2ccc(N3C(=O)[C@@H]4[C@H](C3=O)[C@H]3C=C[C@@H]4C3)cc2)c1C. The van der Waals surface area contributed by atoms with Crippen LogP contribution in [0.5, 0.6) is 11.5 Å². The number of amides is 2. The molecule has 4 heteroatoms. The number of carbonyl (C=O) groups is 2. The van der Waals surface area contributed by atoms with Crippen molar-refractivity contribution in [3.05, 3.63) is 65.7 Å². The van der Waals surface area contributed by atoms with Gasteiger partial charge in [0.15, 0.2) is 0 Å². The molecule has 4 atom stereocenters. The van der Waals surface area contributed by atoms with Gasteiger partial charge in [0.05, 0.1) is 17.5 Å². The summed E-state index contributed by atoms with van der Waals surface area (Å²) >= 11 is 0. The molecule has 27 heavy (non-hydrogen) atoms. The molecule has 5 rings (SSSR count). The maximum absolute atomic E-state index is 12.9. The number of fused-ring (bicyclic) bond motifs is 5. The third kappa shape index (κ3) is 2.36. The van der Waals surface area contributed by atoms with Gasteiger partial charge in [-0.05, 0) is 73.6 Å². The van der Waals surface area contributed by atoms with Gasteiger partial charge in [-0.3, -0.25) is 14.5 Å². The largest absolute Gasteiger partial charge is 0.457 e. The number of hydrogen-bond acceptors (Lipinski definition) is 3. The van der Waals surface area contributed by atoms with Gasteiger partial charge in [-0.15, -0.1) is 0 Å². The van der Waals surface area contributed by atoms with Crippen LogP contribution >= 0.6 is 0 Å². The molecule has 2 aromatic carbocycles. The van der Waals surface area contributed by atoms with Crippen LogP contribution in [0.25, 0.3) is 0 Å². The second-order valence-electron chi connectivity index (χ2n) is 7.81. The number of nitrogens with zero attached hydrogens (tertiary/aromatic N) is 1. The van der Waals surface area contributed by atoms with Crippen LogP contribution in [-0.4, -0.2) is 11.8 Å². The van der Waals surface area contributed by atoms with E-state index in [1.165, 1.54) is 10.5 Å². The molecule has 2 fully saturated rings. The van der Waals surface area contributed by atoms with E-state index in [0.717, 1.165) is 17.7 Å². The van der Waals surface area contributed by atoms with Crippen molar-refractivity contribution in [3.63, 3.8) is 0 Å². The van der Waals surface area contributed by atoms with Crippen molar-refractivity contribution in [2.75, 3.05) is 4.90 Å². The van der Waals surface area contributed by atoms with E-state index in [1.54, 1.807) is 12.1 Å². The van der Waals surface area contributed by atoms with Gasteiger partial charge < -0.3 is 4.74 Å². The molecular formula is C23H21NO3. The molecule has 2 aliphatic carbocycles. The van der Waals surface area contributed by atoms with Gasteiger partial charge in [-0.1, -0.05) is 24.3 Å². The van der Waals surface area contributed by atoms with Gasteiger partial charge in [0.25, 0.3) is 0 Å². The zero-order valence-electron chi connectivity index (χ0n) is 15.4. The number of aryl methyl sites for hydroxylation is 1. The summed E-state index contributed by atoms with van der Waals surface area (Å²) in [5, 5.41) is 0. The highest BCUT2D eigenvalue weighted by atomic mass is 16.5. The van der Waals surface area contributed by atoms with Gasteiger partial charge >= 0.3 is 0 Å². The zero-order chi connectivity index (χ0) is 18.7. The lowest BCUT2D eigenvalue weighted by Gasteiger charge is -2.18. The predicted octanol–water partition coefficient (Wildman–Crippen LogP) is 4.41. The molecule has 1 heterocycles. The molecule has 1 saturated heterocycles. The van der Waals surface area contributed by atoms with E-state index in [-0.39, 0.29) is 35.5 Å². The molecule has 136 valence electrons. The van der Waals surface area contributed by atoms with Crippen LogP contribution in [0.3, 0.4) is 0 Å². The van der Waals surface area contributed by atoms with Crippen molar-refractivity contribution < 1.29 is 14.3 Å². The van der Waals surface area contributed by atoms with E-state index < -0.39 is 0 Å². The van der Waals surface area contributed by atoms with E-state index in [2.05, 4.69) is 25.1 Å². The highest BCUT2D eigenvalue weighted by molar-refractivity contribution is 6.22. The van der Waals surface area contributed by atoms with Gasteiger partial charge in [0, 0.05) is 0 Å². The molecule has 2 aromatic rings. The van der Waals surface area contributed by atoms with Gasteiger partial charge in [0.2, 0.25) is 11.8 Å². The summed E-state index contributed by atoms with van der Waals surface area (Å²) in [7, 11) is 0. The summed E-state index contributed by atoms with van der Waals surface area (Å²) in [4.78, 5) is 27.1. The first-order valence-electron chi connectivity index (χ1n) is 9.45. The normalized spacial score (nSPS) is 28.1. The fourth-order valence-electron chi connectivity index (χ4n) is 4.78. The lowest BCUT2D eigenvalue weighted by atomic mass is 9.85. The van der Waals surface area contributed by atoms with E-state index >= 15 is 0 Å². The van der Waals surface area contributed by atoms with E-state index in [4.69, 9.17) is 4.74 Å². The van der Waals surface area contributed by atoms with Crippen LogP contribution in [0.4, 0.5) is 5.69 Å². The summed E-state index contributed by atoms with van der Waals surface area (Å²) in [6, 6.07) is 13.2. The van der Waals surface area contributed by atoms with Crippen molar-refractivity contribution in [2.45, 2.75) is 20.3 Å². The molecule has 4 nitrogen and oxygen atoms in total. The molecule has 0 spiro atoms. The van der Waals surface area contributed by atoms with Gasteiger partial charge in [0.1, 0.15) is 11.5 Å². The number of imide groups is 1. The standard InChI is InChI=1S/C23H21NO3/c1-13-4-3-5-19(14(13)2)27-18-10-8-17(9-11-18)24-22(25)20-15-6-7-16(12-15)21(20)23(24)26/h3-11,15-16,20-21H,12H2,1-2H3/t15-,16+,20+,21-. The summed E-state index contributed by atoms with van der Waals surface area (Å²) in [6.45, 7) is 4.08. The molecule has 0 aromatic heterocycles. The Hall–Kier alpha value is -2.88. The first kappa shape index (κ1) is 16.3. The average molecular weight is 359 g/mol. The third-order valence-corrected chi connectivity index (χ3v) is 6.35. The molecule has 0 radical (unpaired) electrons. The Morgan fingerprint density at radius 2 is 1.52 bits per heavy atom. The first-order chi connectivity index (χ1) is 13.0. The Morgan fingerprint density at radius 1 is 0.889 bits per heavy atom. The molecule has 3 aliphatic rings. The molecule has 0 unspecified atom stereocenters. The van der Waals surface area contributed by atoms with Crippen LogP contribution < -0.4 is 9.64 Å². The van der Waals surface area contributed by atoms with Crippen LogP contribution in [0, 0.1) is 37.5 Å². The Bertz CT molecular complexity index is 946. The monoisotopic (exact) mass is 359 g/mol. The average Bonchev–Trinajstić information content (AvgIpc) is 3.34. The summed E-state index contributed by atoms with van der Waals surface area (Å²) in [5.74, 6) is 1.52. The van der Waals surface area contributed by atoms with E-state index in [1.807, 2.05) is 31.2 Å². The lowest BCUT2D eigenvalue weighted by Crippen LogP contribution is -2.32. The Kier molecular flexibility index (Phi) is 3.51. The van der Waals surface area contributed by atoms with Gasteiger partial charge in [-0.25, -0.2) is 0 Å². The number of anilines is 1. The minimum absolute atomic E-state index is 0.0509. The Labute approximate surface area is 158 Å². The maximum Gasteiger partial charge on any atom is 0.238 e. The fraction of sp³-hybridized carbons (Fsp3) is 0.304. The van der Waals surface area contributed by atoms with Crippen molar-refractivity contribution in [1.82, 2.24) is 0 Å². The number of rotatable bonds is 3. The van der Waals surface area contributed by atoms with Gasteiger partial charge in [-0.2, -0.15) is 0 Å². The number of allylic oxidation sites excluding steroid dienone is 2. The molecule has 2 amide bonds. The number of carbonyl (C=O) groups excluding carboxylic acids is 2. The molecule has 0 N–H and O–H groups in total. The predicted molar refractivity (Wildman–Crippen MR) is 103 cm³/mol. The first-order valence-corrected chi connectivity index (χ1v) is 9.45. The second-order valence-corrected chi connectivity index (χ2v) is 7.81. The molecule has 2 bridgehead atoms. The summed E-state index contributed by atoms with van der Waals surface area (Å²) in [5.41, 5.74) is 2.90. The summed E-state index contributed by atoms with van der Waals surface area (Å²) in [6.07, 6.45) is 5.17. The molecule has 1 saturated carbocycles.